The SMILES string of the molecule is Cc1cc(-c2ccccc2)oc1C.Cc1cc(C)n(-c2ccccc2)n1.Cc1ccc(-c2ccnc(C)c2)cn1.Cc1ccc(C)n1-c1ccccc1.Cc1ccc(C)n1C(F)(F)F.Cc1ccc(C)o1.Cc1ccc2[nH]c3ccc(C)cc3c2c1.Cc1cncc(-c2ccc(C)nc2)c1.Cc1nnc(C)o1. The Morgan fingerprint density at radius 1 is 0.355 bits per heavy atom. The smallest absolute Gasteiger partial charge is 0.467 e. The minimum atomic E-state index is -4.28. The lowest BCUT2D eigenvalue weighted by Crippen LogP contribution is -2.19. The molecule has 16 aromatic rings. The van der Waals surface area contributed by atoms with E-state index >= 15 is 0 Å². The van der Waals surface area contributed by atoms with Crippen LogP contribution in [0.15, 0.2) is 263 Å². The molecule has 5 aromatic carbocycles. The fraction of sp³-hybridized carbons (Fsp3) is 0.211. The fourth-order valence-corrected chi connectivity index (χ4v) is 11.3. The second-order valence-corrected chi connectivity index (χ2v) is 26.1. The van der Waals surface area contributed by atoms with Crippen LogP contribution < -0.4 is 0 Å². The number of hydrogen-bond acceptors (Lipinski definition) is 10. The molecule has 0 saturated carbocycles. The molecule has 0 aliphatic heterocycles. The first kappa shape index (κ1) is 80.4. The Kier molecular flexibility index (Phi) is 28.9. The number of nitrogens with zero attached hydrogens (tertiary/aromatic N) is 10. The van der Waals surface area contributed by atoms with Gasteiger partial charge in [-0.2, -0.15) is 5.10 Å². The maximum atomic E-state index is 12.1. The zero-order valence-corrected chi connectivity index (χ0v) is 64.5. The van der Waals surface area contributed by atoms with Crippen molar-refractivity contribution < 1.29 is 26.4 Å². The van der Waals surface area contributed by atoms with Crippen molar-refractivity contribution in [1.82, 2.24) is 54.0 Å². The molecule has 16 rings (SSSR count). The number of aromatic nitrogens is 11. The largest absolute Gasteiger partial charge is 0.488 e. The number of fused-ring (bicyclic) bond motifs is 3. The third kappa shape index (κ3) is 24.4. The number of para-hydroxylation sites is 2. The van der Waals surface area contributed by atoms with E-state index in [4.69, 9.17) is 13.3 Å². The standard InChI is InChI=1S/C14H13N.2C12H12N2.C12H13N.C12H12O.C11H12N2.C7H8F3N.C6H8O.C4H6N2O/c1-9-3-5-13-11(7-9)12-8-10(2)4-6-14(12)15-13;1-9-5-12(7-13-6-9)11-4-3-10(2)14-8-11;1-9-3-4-12(8-14-9)11-5-6-13-10(2)7-11;1-10-8-9-11(2)13(10)12-6-4-3-5-7-12;1-9-8-12(13-10(9)2)11-6-4-3-5-7-11;1-9-8-10(2)13(12-9)11-6-4-3-5-7-11;1-5-3-4-6(2)11(5)7(8,9)10;1-5-3-4-6(2)7-5;1-3-5-6-4(2)7-3/h3-8,15H,1-2H3;2*3-8H,1-2H3;3-9H,1-2H3;2*3-8H,1-2H3;3-4H,1-2H3;3-4H,1-2H3;1-2H3. The van der Waals surface area contributed by atoms with E-state index < -0.39 is 6.30 Å². The van der Waals surface area contributed by atoms with E-state index in [-0.39, 0.29) is 11.4 Å². The molecule has 0 saturated heterocycles. The second kappa shape index (κ2) is 38.5. The van der Waals surface area contributed by atoms with Crippen molar-refractivity contribution in [2.24, 2.45) is 0 Å². The molecule has 0 spiro atoms. The fourth-order valence-electron chi connectivity index (χ4n) is 11.3. The molecule has 0 aliphatic carbocycles. The Labute approximate surface area is 626 Å². The molecular weight excluding hydrogens is 1340 g/mol. The first-order chi connectivity index (χ1) is 51.1. The van der Waals surface area contributed by atoms with Crippen LogP contribution >= 0.6 is 0 Å². The number of nitrogens with one attached hydrogen (secondary N) is 1. The van der Waals surface area contributed by atoms with Gasteiger partial charge in [0.05, 0.1) is 11.4 Å². The Hall–Kier alpha value is -12.2. The number of pyridine rings is 4. The number of rotatable bonds is 5. The number of benzene rings is 5. The molecule has 0 bridgehead atoms. The second-order valence-electron chi connectivity index (χ2n) is 26.1. The van der Waals surface area contributed by atoms with Crippen LogP contribution in [0.5, 0.6) is 0 Å². The van der Waals surface area contributed by atoms with E-state index in [0.29, 0.717) is 16.3 Å². The predicted molar refractivity (Wildman–Crippen MR) is 428 cm³/mol. The van der Waals surface area contributed by atoms with Gasteiger partial charge in [-0.1, -0.05) is 102 Å². The highest BCUT2D eigenvalue weighted by Crippen LogP contribution is 2.29. The summed E-state index contributed by atoms with van der Waals surface area (Å²) < 4.78 is 56.4. The number of furan rings is 2. The normalized spacial score (nSPS) is 10.5. The number of alkyl halides is 3. The van der Waals surface area contributed by atoms with Gasteiger partial charge >= 0.3 is 6.30 Å². The minimum Gasteiger partial charge on any atom is -0.467 e. The number of H-pyrrole nitrogens is 1. The van der Waals surface area contributed by atoms with Gasteiger partial charge in [0, 0.05) is 140 Å². The summed E-state index contributed by atoms with van der Waals surface area (Å²) in [5.74, 6) is 5.17. The van der Waals surface area contributed by atoms with E-state index in [1.807, 2.05) is 164 Å². The molecule has 11 heterocycles. The predicted octanol–water partition coefficient (Wildman–Crippen LogP) is 23.8. The van der Waals surface area contributed by atoms with Crippen LogP contribution in [0, 0.1) is 125 Å². The van der Waals surface area contributed by atoms with Gasteiger partial charge in [0.15, 0.2) is 0 Å². The van der Waals surface area contributed by atoms with Gasteiger partial charge in [0.25, 0.3) is 0 Å². The highest BCUT2D eigenvalue weighted by atomic mass is 19.4. The number of aromatic amines is 1. The Balaban J connectivity index is 0.000000153. The van der Waals surface area contributed by atoms with Crippen LogP contribution in [0.2, 0.25) is 0 Å². The van der Waals surface area contributed by atoms with E-state index in [9.17, 15) is 13.2 Å². The van der Waals surface area contributed by atoms with Gasteiger partial charge in [-0.25, -0.2) is 4.68 Å². The Morgan fingerprint density at radius 3 is 1.27 bits per heavy atom. The number of aryl methyl sites for hydroxylation is 18. The van der Waals surface area contributed by atoms with Crippen molar-refractivity contribution in [3.05, 3.63) is 352 Å². The first-order valence-corrected chi connectivity index (χ1v) is 35.2. The van der Waals surface area contributed by atoms with Crippen molar-refractivity contribution in [1.29, 1.82) is 0 Å². The van der Waals surface area contributed by atoms with Gasteiger partial charge in [0.2, 0.25) is 11.8 Å². The molecule has 1 N–H and O–H groups in total. The van der Waals surface area contributed by atoms with Crippen LogP contribution in [-0.4, -0.2) is 54.0 Å². The van der Waals surface area contributed by atoms with Gasteiger partial charge < -0.3 is 22.8 Å². The Morgan fingerprint density at radius 2 is 0.860 bits per heavy atom. The topological polar surface area (TPSA) is 160 Å². The Bertz CT molecular complexity index is 5100. The summed E-state index contributed by atoms with van der Waals surface area (Å²) in [6.07, 6.45) is 5.03. The lowest BCUT2D eigenvalue weighted by Gasteiger charge is -2.12. The highest BCUT2D eigenvalue weighted by Gasteiger charge is 2.32. The molecule has 550 valence electrons. The summed E-state index contributed by atoms with van der Waals surface area (Å²) >= 11 is 0. The number of halogens is 3. The zero-order chi connectivity index (χ0) is 77.3. The van der Waals surface area contributed by atoms with Gasteiger partial charge in [-0.05, 0) is 255 Å². The van der Waals surface area contributed by atoms with Crippen LogP contribution in [0.1, 0.15) is 103 Å². The van der Waals surface area contributed by atoms with E-state index in [0.717, 1.165) is 73.8 Å². The third-order valence-electron chi connectivity index (χ3n) is 16.7. The van der Waals surface area contributed by atoms with Crippen molar-refractivity contribution >= 4 is 21.8 Å². The van der Waals surface area contributed by atoms with Gasteiger partial charge in [0.1, 0.15) is 23.0 Å². The lowest BCUT2D eigenvalue weighted by atomic mass is 10.1. The lowest BCUT2D eigenvalue weighted by molar-refractivity contribution is -0.205. The summed E-state index contributed by atoms with van der Waals surface area (Å²) in [4.78, 5) is 20.3. The molecule has 0 fully saturated rings. The summed E-state index contributed by atoms with van der Waals surface area (Å²) in [6.45, 7) is 34.9. The van der Waals surface area contributed by atoms with E-state index in [1.165, 1.54) is 98.4 Å². The minimum absolute atomic E-state index is 0.218. The van der Waals surface area contributed by atoms with Gasteiger partial charge in [-0.15, -0.1) is 23.4 Å². The monoisotopic (exact) mass is 1440 g/mol. The molecule has 0 atom stereocenters. The molecule has 17 heteroatoms. The first-order valence-electron chi connectivity index (χ1n) is 35.2. The third-order valence-corrected chi connectivity index (χ3v) is 16.7. The molecule has 14 nitrogen and oxygen atoms in total. The summed E-state index contributed by atoms with van der Waals surface area (Å²) in [7, 11) is 0. The van der Waals surface area contributed by atoms with Crippen LogP contribution in [0.3, 0.4) is 0 Å². The van der Waals surface area contributed by atoms with Crippen molar-refractivity contribution in [3.63, 3.8) is 0 Å². The molecule has 11 aromatic heterocycles. The molecular formula is C90H96F3N11O3. The van der Waals surface area contributed by atoms with Crippen LogP contribution in [0.4, 0.5) is 13.2 Å². The summed E-state index contributed by atoms with van der Waals surface area (Å²) in [5, 5.41) is 14.3. The van der Waals surface area contributed by atoms with Crippen molar-refractivity contribution in [2.75, 3.05) is 0 Å². The highest BCUT2D eigenvalue weighted by molar-refractivity contribution is 6.07. The molecule has 0 aliphatic rings. The average molecular weight is 1440 g/mol. The van der Waals surface area contributed by atoms with Crippen LogP contribution in [0.25, 0.3) is 66.8 Å². The number of hydrogen-bond donors (Lipinski definition) is 1. The zero-order valence-electron chi connectivity index (χ0n) is 64.5. The summed E-state index contributed by atoms with van der Waals surface area (Å²) in [6, 6.07) is 73.4. The van der Waals surface area contributed by atoms with Crippen molar-refractivity contribution in [3.8, 4) is 45.0 Å². The van der Waals surface area contributed by atoms with E-state index in [2.05, 4.69) is 220 Å². The average Bonchev–Trinajstić information content (AvgIpc) is 1.64. The molecule has 107 heavy (non-hydrogen) atoms. The molecule has 0 amide bonds. The van der Waals surface area contributed by atoms with E-state index in [1.54, 1.807) is 13.8 Å². The molecule has 0 radical (unpaired) electrons. The maximum absolute atomic E-state index is 12.1. The molecule has 0 unspecified atom stereocenters. The van der Waals surface area contributed by atoms with Gasteiger partial charge in [-0.3, -0.25) is 24.5 Å². The van der Waals surface area contributed by atoms with Crippen molar-refractivity contribution in [2.45, 2.75) is 131 Å². The summed E-state index contributed by atoms with van der Waals surface area (Å²) in [5.41, 5.74) is 23.8. The quantitative estimate of drug-likeness (QED) is 0.176. The van der Waals surface area contributed by atoms with Crippen LogP contribution in [-0.2, 0) is 6.30 Å². The maximum Gasteiger partial charge on any atom is 0.488 e.